The highest BCUT2D eigenvalue weighted by molar-refractivity contribution is 5.38. The van der Waals surface area contributed by atoms with Crippen LogP contribution in [0.4, 0.5) is 5.82 Å². The summed E-state index contributed by atoms with van der Waals surface area (Å²) in [5.41, 5.74) is 1.28. The summed E-state index contributed by atoms with van der Waals surface area (Å²) in [6.07, 6.45) is 3.71. The minimum Gasteiger partial charge on any atom is -0.354 e. The highest BCUT2D eigenvalue weighted by Crippen LogP contribution is 2.12. The van der Waals surface area contributed by atoms with Crippen molar-refractivity contribution < 1.29 is 0 Å². The van der Waals surface area contributed by atoms with Crippen LogP contribution in [0.2, 0.25) is 0 Å². The molecule has 1 fully saturated rings. The highest BCUT2D eigenvalue weighted by Gasteiger charge is 2.12. The van der Waals surface area contributed by atoms with Gasteiger partial charge in [-0.15, -0.1) is 0 Å². The molecule has 103 valence electrons. The molecule has 0 saturated carbocycles. The molecule has 1 radical (unpaired) electrons. The number of aryl methyl sites for hydroxylation is 2. The number of rotatable bonds is 4. The summed E-state index contributed by atoms with van der Waals surface area (Å²) in [6.45, 7) is 4.09. The van der Waals surface area contributed by atoms with E-state index in [4.69, 9.17) is 0 Å². The Bertz CT molecular complexity index is 535. The van der Waals surface area contributed by atoms with Gasteiger partial charge < -0.3 is 10.2 Å². The van der Waals surface area contributed by atoms with Crippen molar-refractivity contribution >= 4 is 5.82 Å². The first kappa shape index (κ1) is 13.1. The third kappa shape index (κ3) is 3.33. The average Bonchev–Trinajstić information content (AvgIpc) is 2.55. The maximum atomic E-state index is 4.69. The maximum Gasteiger partial charge on any atom is 0.132 e. The van der Waals surface area contributed by atoms with Gasteiger partial charge in [-0.3, -0.25) is 0 Å². The van der Waals surface area contributed by atoms with E-state index in [2.05, 4.69) is 32.3 Å². The van der Waals surface area contributed by atoms with Gasteiger partial charge in [-0.2, -0.15) is 0 Å². The molecule has 0 amide bonds. The van der Waals surface area contributed by atoms with Crippen LogP contribution in [0.1, 0.15) is 11.4 Å². The van der Waals surface area contributed by atoms with Gasteiger partial charge in [0.2, 0.25) is 0 Å². The molecule has 1 aromatic carbocycles. The minimum absolute atomic E-state index is 0.873. The van der Waals surface area contributed by atoms with Crippen LogP contribution in [0.15, 0.2) is 36.5 Å². The summed E-state index contributed by atoms with van der Waals surface area (Å²) in [5, 5.41) is 3.36. The number of benzene rings is 1. The van der Waals surface area contributed by atoms with Gasteiger partial charge in [0.25, 0.3) is 0 Å². The Balaban J connectivity index is 1.65. The summed E-state index contributed by atoms with van der Waals surface area (Å²) in [6, 6.07) is 13.2. The van der Waals surface area contributed by atoms with Crippen molar-refractivity contribution in [1.29, 1.82) is 0 Å². The molecule has 4 heteroatoms. The third-order valence-corrected chi connectivity index (χ3v) is 3.54. The second-order valence-corrected chi connectivity index (χ2v) is 4.98. The standard InChI is InChI=1S/C16H19N4/c1-2-4-14(5-3-1)6-7-15-18-9-8-16(19-15)20-12-10-17-11-13-20/h1-2,4-5,8-9,17H,6-7,10-13H2. The molecule has 1 aliphatic heterocycles. The van der Waals surface area contributed by atoms with Crippen LogP contribution in [0.5, 0.6) is 0 Å². The number of hydrogen-bond donors (Lipinski definition) is 1. The lowest BCUT2D eigenvalue weighted by Crippen LogP contribution is -2.44. The average molecular weight is 267 g/mol. The van der Waals surface area contributed by atoms with Gasteiger partial charge in [-0.25, -0.2) is 9.97 Å². The van der Waals surface area contributed by atoms with Crippen LogP contribution >= 0.6 is 0 Å². The van der Waals surface area contributed by atoms with E-state index >= 15 is 0 Å². The molecular formula is C16H19N4. The van der Waals surface area contributed by atoms with Gasteiger partial charge in [-0.1, -0.05) is 24.3 Å². The van der Waals surface area contributed by atoms with Crippen LogP contribution in [-0.2, 0) is 12.8 Å². The molecule has 1 aromatic heterocycles. The molecule has 3 rings (SSSR count). The van der Waals surface area contributed by atoms with Gasteiger partial charge in [0.05, 0.1) is 0 Å². The van der Waals surface area contributed by atoms with Gasteiger partial charge >= 0.3 is 0 Å². The Hall–Kier alpha value is -1.94. The number of aromatic nitrogens is 2. The number of nitrogens with zero attached hydrogens (tertiary/aromatic N) is 3. The molecule has 0 unspecified atom stereocenters. The van der Waals surface area contributed by atoms with Crippen molar-refractivity contribution in [3.8, 4) is 0 Å². The quantitative estimate of drug-likeness (QED) is 0.911. The number of piperazine rings is 1. The Morgan fingerprint density at radius 2 is 2.10 bits per heavy atom. The van der Waals surface area contributed by atoms with Gasteiger partial charge in [0.1, 0.15) is 11.6 Å². The van der Waals surface area contributed by atoms with Crippen molar-refractivity contribution in [2.45, 2.75) is 12.8 Å². The first-order valence-corrected chi connectivity index (χ1v) is 7.14. The zero-order chi connectivity index (χ0) is 13.6. The van der Waals surface area contributed by atoms with Crippen molar-refractivity contribution in [1.82, 2.24) is 15.3 Å². The van der Waals surface area contributed by atoms with E-state index in [9.17, 15) is 0 Å². The molecule has 0 aliphatic carbocycles. The fourth-order valence-electron chi connectivity index (χ4n) is 2.42. The Morgan fingerprint density at radius 3 is 2.90 bits per heavy atom. The van der Waals surface area contributed by atoms with E-state index in [0.29, 0.717) is 0 Å². The van der Waals surface area contributed by atoms with Crippen molar-refractivity contribution in [3.05, 3.63) is 54.0 Å². The van der Waals surface area contributed by atoms with Crippen molar-refractivity contribution in [2.24, 2.45) is 0 Å². The minimum atomic E-state index is 0.873. The first-order valence-electron chi connectivity index (χ1n) is 7.14. The molecule has 1 N–H and O–H groups in total. The zero-order valence-electron chi connectivity index (χ0n) is 11.5. The Labute approximate surface area is 119 Å². The fraction of sp³-hybridized carbons (Fsp3) is 0.375. The maximum absolute atomic E-state index is 4.69. The topological polar surface area (TPSA) is 41.1 Å². The molecule has 0 atom stereocenters. The van der Waals surface area contributed by atoms with Crippen molar-refractivity contribution in [2.75, 3.05) is 31.1 Å². The van der Waals surface area contributed by atoms with Gasteiger partial charge in [0.15, 0.2) is 0 Å². The molecule has 0 spiro atoms. The molecular weight excluding hydrogens is 248 g/mol. The first-order chi connectivity index (χ1) is 9.92. The van der Waals surface area contributed by atoms with Gasteiger partial charge in [0, 0.05) is 38.8 Å². The van der Waals surface area contributed by atoms with E-state index in [1.807, 2.05) is 30.5 Å². The van der Waals surface area contributed by atoms with E-state index in [0.717, 1.165) is 50.7 Å². The predicted octanol–water partition coefficient (Wildman–Crippen LogP) is 1.47. The van der Waals surface area contributed by atoms with Crippen LogP contribution < -0.4 is 10.2 Å². The largest absolute Gasteiger partial charge is 0.354 e. The fourth-order valence-corrected chi connectivity index (χ4v) is 2.42. The van der Waals surface area contributed by atoms with Crippen LogP contribution in [0.25, 0.3) is 0 Å². The Kier molecular flexibility index (Phi) is 4.23. The molecule has 1 aliphatic rings. The van der Waals surface area contributed by atoms with E-state index in [1.165, 1.54) is 5.56 Å². The molecule has 1 saturated heterocycles. The molecule has 20 heavy (non-hydrogen) atoms. The number of hydrogen-bond acceptors (Lipinski definition) is 4. The van der Waals surface area contributed by atoms with Gasteiger partial charge in [-0.05, 0) is 24.1 Å². The lowest BCUT2D eigenvalue weighted by atomic mass is 10.1. The summed E-state index contributed by atoms with van der Waals surface area (Å²) < 4.78 is 0. The summed E-state index contributed by atoms with van der Waals surface area (Å²) in [5.74, 6) is 1.97. The van der Waals surface area contributed by atoms with Crippen molar-refractivity contribution in [3.63, 3.8) is 0 Å². The van der Waals surface area contributed by atoms with Crippen LogP contribution in [0.3, 0.4) is 0 Å². The predicted molar refractivity (Wildman–Crippen MR) is 79.8 cm³/mol. The van der Waals surface area contributed by atoms with E-state index in [-0.39, 0.29) is 0 Å². The summed E-state index contributed by atoms with van der Waals surface area (Å²) in [7, 11) is 0. The molecule has 4 nitrogen and oxygen atoms in total. The lowest BCUT2D eigenvalue weighted by Gasteiger charge is -2.28. The normalized spacial score (nSPS) is 15.3. The SMILES string of the molecule is [c]1cccc(CCc2nccc(N3CCNCC3)n2)c1. The van der Waals surface area contributed by atoms with Crippen LogP contribution in [-0.4, -0.2) is 36.1 Å². The zero-order valence-corrected chi connectivity index (χ0v) is 11.5. The molecule has 2 aromatic rings. The monoisotopic (exact) mass is 267 g/mol. The molecule has 0 bridgehead atoms. The summed E-state index contributed by atoms with van der Waals surface area (Å²) in [4.78, 5) is 11.4. The third-order valence-electron chi connectivity index (χ3n) is 3.54. The van der Waals surface area contributed by atoms with Crippen LogP contribution in [0, 0.1) is 6.07 Å². The second-order valence-electron chi connectivity index (χ2n) is 4.98. The number of nitrogens with one attached hydrogen (secondary N) is 1. The van der Waals surface area contributed by atoms with E-state index < -0.39 is 0 Å². The summed E-state index contributed by atoms with van der Waals surface area (Å²) >= 11 is 0. The lowest BCUT2D eigenvalue weighted by molar-refractivity contribution is 0.583. The second kappa shape index (κ2) is 6.48. The van der Waals surface area contributed by atoms with E-state index in [1.54, 1.807) is 0 Å². The number of anilines is 1. The highest BCUT2D eigenvalue weighted by atomic mass is 15.2. The Morgan fingerprint density at radius 1 is 1.20 bits per heavy atom. The molecule has 2 heterocycles. The smallest absolute Gasteiger partial charge is 0.132 e.